The minimum atomic E-state index is -0.402. The van der Waals surface area contributed by atoms with E-state index in [-0.39, 0.29) is 5.54 Å². The average molecular weight is 252 g/mol. The average Bonchev–Trinajstić information content (AvgIpc) is 2.25. The van der Waals surface area contributed by atoms with Gasteiger partial charge in [-0.3, -0.25) is 0 Å². The Morgan fingerprint density at radius 3 is 2.72 bits per heavy atom. The molecule has 100 valence electrons. The first kappa shape index (κ1) is 14.4. The van der Waals surface area contributed by atoms with Gasteiger partial charge >= 0.3 is 5.97 Å². The van der Waals surface area contributed by atoms with E-state index in [0.717, 1.165) is 0 Å². The molecule has 0 atom stereocenters. The van der Waals surface area contributed by atoms with E-state index in [1.807, 2.05) is 13.8 Å². The van der Waals surface area contributed by atoms with Crippen LogP contribution in [0.2, 0.25) is 0 Å². The van der Waals surface area contributed by atoms with Crippen molar-refractivity contribution in [3.8, 4) is 0 Å². The van der Waals surface area contributed by atoms with Gasteiger partial charge in [-0.1, -0.05) is 0 Å². The van der Waals surface area contributed by atoms with Crippen LogP contribution in [0.3, 0.4) is 0 Å². The molecule has 0 aromatic carbocycles. The zero-order valence-electron chi connectivity index (χ0n) is 11.3. The predicted molar refractivity (Wildman–Crippen MR) is 69.5 cm³/mol. The molecule has 1 heterocycles. The monoisotopic (exact) mass is 252 g/mol. The molecule has 0 aliphatic carbocycles. The number of hydrogen-bond donors (Lipinski definition) is 2. The Balaban J connectivity index is 2.76. The van der Waals surface area contributed by atoms with Crippen molar-refractivity contribution in [2.24, 2.45) is 5.73 Å². The van der Waals surface area contributed by atoms with Crippen LogP contribution in [0.1, 0.15) is 36.8 Å². The molecule has 0 aliphatic rings. The fraction of sp³-hybridized carbons (Fsp3) is 0.583. The van der Waals surface area contributed by atoms with E-state index >= 15 is 0 Å². The number of anilines is 1. The molecule has 0 bridgehead atoms. The molecule has 6 heteroatoms. The number of ether oxygens (including phenoxy) is 1. The van der Waals surface area contributed by atoms with Crippen molar-refractivity contribution >= 4 is 11.9 Å². The summed E-state index contributed by atoms with van der Waals surface area (Å²) in [5.41, 5.74) is 6.46. The number of nitrogens with one attached hydrogen (secondary N) is 1. The summed E-state index contributed by atoms with van der Waals surface area (Å²) < 4.78 is 4.90. The summed E-state index contributed by atoms with van der Waals surface area (Å²) in [6.07, 6.45) is 1.46. The van der Waals surface area contributed by atoms with Crippen LogP contribution in [0.25, 0.3) is 0 Å². The van der Waals surface area contributed by atoms with Crippen LogP contribution in [0.5, 0.6) is 0 Å². The van der Waals surface area contributed by atoms with Gasteiger partial charge < -0.3 is 15.8 Å². The number of esters is 1. The number of hydrogen-bond acceptors (Lipinski definition) is 6. The summed E-state index contributed by atoms with van der Waals surface area (Å²) >= 11 is 0. The molecule has 0 saturated heterocycles. The van der Waals surface area contributed by atoms with Crippen molar-refractivity contribution in [1.82, 2.24) is 9.97 Å². The van der Waals surface area contributed by atoms with Crippen LogP contribution in [0.15, 0.2) is 6.20 Å². The Hall–Kier alpha value is -1.69. The maximum Gasteiger partial charge on any atom is 0.341 e. The van der Waals surface area contributed by atoms with Gasteiger partial charge in [0.05, 0.1) is 17.9 Å². The van der Waals surface area contributed by atoms with Crippen LogP contribution < -0.4 is 11.1 Å². The third-order valence-corrected chi connectivity index (χ3v) is 2.18. The minimum absolute atomic E-state index is 0.333. The smallest absolute Gasteiger partial charge is 0.341 e. The van der Waals surface area contributed by atoms with Crippen molar-refractivity contribution in [2.75, 3.05) is 18.5 Å². The van der Waals surface area contributed by atoms with Crippen molar-refractivity contribution in [2.45, 2.75) is 33.2 Å². The van der Waals surface area contributed by atoms with E-state index in [4.69, 9.17) is 10.5 Å². The van der Waals surface area contributed by atoms with Gasteiger partial charge in [0.15, 0.2) is 0 Å². The third kappa shape index (κ3) is 4.29. The Kier molecular flexibility index (Phi) is 4.61. The molecular weight excluding hydrogens is 232 g/mol. The molecule has 0 radical (unpaired) electrons. The lowest BCUT2D eigenvalue weighted by atomic mass is 10.1. The topological polar surface area (TPSA) is 90.1 Å². The molecule has 0 saturated carbocycles. The van der Waals surface area contributed by atoms with E-state index in [1.165, 1.54) is 6.20 Å². The van der Waals surface area contributed by atoms with E-state index in [9.17, 15) is 4.79 Å². The quantitative estimate of drug-likeness (QED) is 0.763. The van der Waals surface area contributed by atoms with Crippen LogP contribution in [-0.2, 0) is 4.74 Å². The molecule has 1 aromatic rings. The first-order valence-electron chi connectivity index (χ1n) is 5.87. The fourth-order valence-corrected chi connectivity index (χ4v) is 1.27. The van der Waals surface area contributed by atoms with Crippen molar-refractivity contribution in [3.63, 3.8) is 0 Å². The molecule has 1 aromatic heterocycles. The maximum atomic E-state index is 11.6. The Morgan fingerprint density at radius 2 is 2.22 bits per heavy atom. The van der Waals surface area contributed by atoms with Gasteiger partial charge in [0.25, 0.3) is 0 Å². The van der Waals surface area contributed by atoms with Gasteiger partial charge in [-0.05, 0) is 27.7 Å². The lowest BCUT2D eigenvalue weighted by Gasteiger charge is -2.19. The first-order valence-corrected chi connectivity index (χ1v) is 5.87. The van der Waals surface area contributed by atoms with Gasteiger partial charge in [-0.15, -0.1) is 0 Å². The van der Waals surface area contributed by atoms with Gasteiger partial charge in [-0.25, -0.2) is 14.8 Å². The van der Waals surface area contributed by atoms with E-state index in [2.05, 4.69) is 15.3 Å². The molecule has 0 unspecified atom stereocenters. The highest BCUT2D eigenvalue weighted by Crippen LogP contribution is 2.09. The van der Waals surface area contributed by atoms with Gasteiger partial charge in [-0.2, -0.15) is 0 Å². The third-order valence-electron chi connectivity index (χ3n) is 2.18. The van der Waals surface area contributed by atoms with Crippen molar-refractivity contribution in [1.29, 1.82) is 0 Å². The zero-order valence-corrected chi connectivity index (χ0v) is 11.3. The summed E-state index contributed by atoms with van der Waals surface area (Å²) in [5.74, 6) is 0.0554. The molecule has 0 amide bonds. The molecule has 1 rings (SSSR count). The lowest BCUT2D eigenvalue weighted by Crippen LogP contribution is -2.40. The van der Waals surface area contributed by atoms with E-state index < -0.39 is 5.97 Å². The van der Waals surface area contributed by atoms with Crippen molar-refractivity contribution in [3.05, 3.63) is 17.5 Å². The zero-order chi connectivity index (χ0) is 13.8. The van der Waals surface area contributed by atoms with Crippen LogP contribution in [-0.4, -0.2) is 34.6 Å². The number of aromatic nitrogens is 2. The SMILES string of the molecule is CCOC(=O)c1cnc(NCC(C)(C)N)nc1C. The summed E-state index contributed by atoms with van der Waals surface area (Å²) in [5, 5.41) is 3.02. The fourth-order valence-electron chi connectivity index (χ4n) is 1.27. The summed E-state index contributed by atoms with van der Waals surface area (Å²) in [4.78, 5) is 19.8. The van der Waals surface area contributed by atoms with Gasteiger partial charge in [0, 0.05) is 18.3 Å². The number of rotatable bonds is 5. The number of carbonyl (C=O) groups excluding carboxylic acids is 1. The summed E-state index contributed by atoms with van der Waals surface area (Å²) in [6, 6.07) is 0. The van der Waals surface area contributed by atoms with Gasteiger partial charge in [0.2, 0.25) is 5.95 Å². The van der Waals surface area contributed by atoms with Crippen molar-refractivity contribution < 1.29 is 9.53 Å². The second-order valence-electron chi connectivity index (χ2n) is 4.76. The minimum Gasteiger partial charge on any atom is -0.462 e. The molecule has 0 spiro atoms. The lowest BCUT2D eigenvalue weighted by molar-refractivity contribution is 0.0524. The molecule has 3 N–H and O–H groups in total. The molecule has 18 heavy (non-hydrogen) atoms. The highest BCUT2D eigenvalue weighted by molar-refractivity contribution is 5.90. The highest BCUT2D eigenvalue weighted by atomic mass is 16.5. The molecule has 0 aliphatic heterocycles. The number of nitrogens with two attached hydrogens (primary N) is 1. The predicted octanol–water partition coefficient (Wildman–Crippen LogP) is 1.11. The normalized spacial score (nSPS) is 11.2. The standard InChI is InChI=1S/C12H20N4O2/c1-5-18-10(17)9-6-14-11(16-8(9)2)15-7-12(3,4)13/h6H,5,7,13H2,1-4H3,(H,14,15,16). The largest absolute Gasteiger partial charge is 0.462 e. The summed E-state index contributed by atoms with van der Waals surface area (Å²) in [6.45, 7) is 8.19. The van der Waals surface area contributed by atoms with Gasteiger partial charge in [0.1, 0.15) is 0 Å². The number of aryl methyl sites for hydroxylation is 1. The second kappa shape index (κ2) is 5.77. The van der Waals surface area contributed by atoms with E-state index in [0.29, 0.717) is 30.4 Å². The Labute approximate surface area is 107 Å². The van der Waals surface area contributed by atoms with Crippen LogP contribution >= 0.6 is 0 Å². The molecular formula is C12H20N4O2. The second-order valence-corrected chi connectivity index (χ2v) is 4.76. The number of nitrogens with zero attached hydrogens (tertiary/aromatic N) is 2. The van der Waals surface area contributed by atoms with Crippen LogP contribution in [0, 0.1) is 6.92 Å². The summed E-state index contributed by atoms with van der Waals surface area (Å²) in [7, 11) is 0. The molecule has 0 fully saturated rings. The maximum absolute atomic E-state index is 11.6. The molecule has 6 nitrogen and oxygen atoms in total. The van der Waals surface area contributed by atoms with E-state index in [1.54, 1.807) is 13.8 Å². The Bertz CT molecular complexity index is 427. The van der Waals surface area contributed by atoms with Crippen LogP contribution in [0.4, 0.5) is 5.95 Å². The first-order chi connectivity index (χ1) is 8.33. The Morgan fingerprint density at radius 1 is 1.56 bits per heavy atom. The highest BCUT2D eigenvalue weighted by Gasteiger charge is 2.14. The number of carbonyl (C=O) groups is 1.